The first kappa shape index (κ1) is 15.4. The molecule has 0 spiro atoms. The van der Waals surface area contributed by atoms with Crippen LogP contribution in [-0.4, -0.2) is 49.1 Å². The molecule has 1 aliphatic carbocycles. The number of piperidine rings is 1. The van der Waals surface area contributed by atoms with Crippen LogP contribution in [0.4, 0.5) is 0 Å². The molecule has 2 heterocycles. The first-order valence-electron chi connectivity index (χ1n) is 8.66. The minimum atomic E-state index is 0.552. The number of likely N-dealkylation sites (tertiary alicyclic amines) is 1. The Hall–Kier alpha value is -1.49. The summed E-state index contributed by atoms with van der Waals surface area (Å²) in [6.45, 7) is 6.22. The quantitative estimate of drug-likeness (QED) is 0.623. The topological polar surface area (TPSA) is 52.8 Å². The van der Waals surface area contributed by atoms with Crippen LogP contribution in [0.2, 0.25) is 0 Å². The highest BCUT2D eigenvalue weighted by Gasteiger charge is 2.31. The SMILES string of the molecule is CCNC(=NCCc1ccco1)NC1CCN(C2CC2)CC1. The third-order valence-electron chi connectivity index (χ3n) is 4.49. The lowest BCUT2D eigenvalue weighted by molar-refractivity contribution is 0.197. The smallest absolute Gasteiger partial charge is 0.191 e. The summed E-state index contributed by atoms with van der Waals surface area (Å²) < 4.78 is 5.35. The fourth-order valence-corrected chi connectivity index (χ4v) is 3.09. The van der Waals surface area contributed by atoms with Gasteiger partial charge in [0.2, 0.25) is 0 Å². The summed E-state index contributed by atoms with van der Waals surface area (Å²) in [6, 6.07) is 5.38. The largest absolute Gasteiger partial charge is 0.469 e. The zero-order valence-corrected chi connectivity index (χ0v) is 13.6. The van der Waals surface area contributed by atoms with Gasteiger partial charge in [0.05, 0.1) is 6.26 Å². The fourth-order valence-electron chi connectivity index (χ4n) is 3.09. The van der Waals surface area contributed by atoms with Gasteiger partial charge in [0, 0.05) is 44.7 Å². The van der Waals surface area contributed by atoms with Crippen LogP contribution < -0.4 is 10.6 Å². The lowest BCUT2D eigenvalue weighted by Crippen LogP contribution is -2.49. The fraction of sp³-hybridized carbons (Fsp3) is 0.706. The van der Waals surface area contributed by atoms with Gasteiger partial charge in [-0.3, -0.25) is 4.99 Å². The van der Waals surface area contributed by atoms with Gasteiger partial charge in [0.15, 0.2) is 5.96 Å². The summed E-state index contributed by atoms with van der Waals surface area (Å²) in [6.07, 6.45) is 7.84. The number of furan rings is 1. The van der Waals surface area contributed by atoms with Crippen LogP contribution in [0.5, 0.6) is 0 Å². The molecule has 3 rings (SSSR count). The van der Waals surface area contributed by atoms with Gasteiger partial charge in [-0.15, -0.1) is 0 Å². The highest BCUT2D eigenvalue weighted by atomic mass is 16.3. The molecule has 0 aromatic carbocycles. The van der Waals surface area contributed by atoms with E-state index in [9.17, 15) is 0 Å². The van der Waals surface area contributed by atoms with Crippen molar-refractivity contribution in [2.45, 2.75) is 51.1 Å². The van der Waals surface area contributed by atoms with Gasteiger partial charge in [-0.05, 0) is 44.7 Å². The van der Waals surface area contributed by atoms with E-state index in [1.54, 1.807) is 6.26 Å². The molecule has 1 aliphatic heterocycles. The van der Waals surface area contributed by atoms with Crippen molar-refractivity contribution >= 4 is 5.96 Å². The Kier molecular flexibility index (Phi) is 5.38. The summed E-state index contributed by atoms with van der Waals surface area (Å²) in [4.78, 5) is 7.32. The highest BCUT2D eigenvalue weighted by Crippen LogP contribution is 2.29. The number of hydrogen-bond donors (Lipinski definition) is 2. The van der Waals surface area contributed by atoms with Crippen LogP contribution in [0.3, 0.4) is 0 Å². The Bertz CT molecular complexity index is 459. The van der Waals surface area contributed by atoms with Crippen molar-refractivity contribution in [3.63, 3.8) is 0 Å². The van der Waals surface area contributed by atoms with Gasteiger partial charge < -0.3 is 20.0 Å². The van der Waals surface area contributed by atoms with Crippen LogP contribution in [0.25, 0.3) is 0 Å². The molecule has 1 saturated carbocycles. The van der Waals surface area contributed by atoms with E-state index in [1.165, 1.54) is 38.8 Å². The van der Waals surface area contributed by atoms with Gasteiger partial charge in [-0.25, -0.2) is 0 Å². The Morgan fingerprint density at radius 2 is 2.14 bits per heavy atom. The number of nitrogens with one attached hydrogen (secondary N) is 2. The van der Waals surface area contributed by atoms with E-state index in [-0.39, 0.29) is 0 Å². The van der Waals surface area contributed by atoms with Crippen molar-refractivity contribution in [3.8, 4) is 0 Å². The Balaban J connectivity index is 1.44. The van der Waals surface area contributed by atoms with Crippen LogP contribution in [0, 0.1) is 0 Å². The van der Waals surface area contributed by atoms with Crippen LogP contribution in [0.15, 0.2) is 27.8 Å². The number of guanidine groups is 1. The standard InChI is InChI=1S/C17H28N4O/c1-2-18-17(19-10-7-16-4-3-13-22-16)20-14-8-11-21(12-9-14)15-5-6-15/h3-4,13-15H,2,5-12H2,1H3,(H2,18,19,20). The summed E-state index contributed by atoms with van der Waals surface area (Å²) in [5, 5.41) is 6.95. The van der Waals surface area contributed by atoms with E-state index in [4.69, 9.17) is 4.42 Å². The molecule has 0 radical (unpaired) electrons. The Morgan fingerprint density at radius 3 is 2.77 bits per heavy atom. The summed E-state index contributed by atoms with van der Waals surface area (Å²) >= 11 is 0. The molecule has 2 fully saturated rings. The van der Waals surface area contributed by atoms with Gasteiger partial charge in [-0.1, -0.05) is 0 Å². The Labute approximate surface area is 133 Å². The summed E-state index contributed by atoms with van der Waals surface area (Å²) in [5.74, 6) is 1.94. The first-order chi connectivity index (χ1) is 10.8. The zero-order chi connectivity index (χ0) is 15.2. The lowest BCUT2D eigenvalue weighted by atomic mass is 10.1. The molecule has 0 bridgehead atoms. The second kappa shape index (κ2) is 7.68. The molecule has 122 valence electrons. The van der Waals surface area contributed by atoms with E-state index in [2.05, 4.69) is 27.4 Å². The van der Waals surface area contributed by atoms with Crippen molar-refractivity contribution in [1.29, 1.82) is 0 Å². The molecule has 0 unspecified atom stereocenters. The molecular formula is C17H28N4O. The molecule has 2 N–H and O–H groups in total. The lowest BCUT2D eigenvalue weighted by Gasteiger charge is -2.33. The van der Waals surface area contributed by atoms with Gasteiger partial charge in [0.1, 0.15) is 5.76 Å². The minimum Gasteiger partial charge on any atom is -0.469 e. The molecule has 0 atom stereocenters. The molecule has 1 aromatic heterocycles. The summed E-state index contributed by atoms with van der Waals surface area (Å²) in [5.41, 5.74) is 0. The van der Waals surface area contributed by atoms with Crippen molar-refractivity contribution in [3.05, 3.63) is 24.2 Å². The van der Waals surface area contributed by atoms with Crippen molar-refractivity contribution in [2.24, 2.45) is 4.99 Å². The molecule has 2 aliphatic rings. The van der Waals surface area contributed by atoms with E-state index in [1.807, 2.05) is 12.1 Å². The number of nitrogens with zero attached hydrogens (tertiary/aromatic N) is 2. The van der Waals surface area contributed by atoms with Gasteiger partial charge in [-0.2, -0.15) is 0 Å². The highest BCUT2D eigenvalue weighted by molar-refractivity contribution is 5.80. The number of rotatable bonds is 6. The normalized spacial score (nSPS) is 21.0. The average molecular weight is 304 g/mol. The molecular weight excluding hydrogens is 276 g/mol. The van der Waals surface area contributed by atoms with Crippen LogP contribution >= 0.6 is 0 Å². The second-order valence-corrected chi connectivity index (χ2v) is 6.28. The first-order valence-corrected chi connectivity index (χ1v) is 8.66. The number of hydrogen-bond acceptors (Lipinski definition) is 3. The third kappa shape index (κ3) is 4.50. The van der Waals surface area contributed by atoms with E-state index in [0.717, 1.165) is 37.3 Å². The zero-order valence-electron chi connectivity index (χ0n) is 13.6. The van der Waals surface area contributed by atoms with Gasteiger partial charge in [0.25, 0.3) is 0 Å². The molecule has 0 amide bonds. The van der Waals surface area contributed by atoms with E-state index in [0.29, 0.717) is 6.04 Å². The predicted molar refractivity (Wildman–Crippen MR) is 89.1 cm³/mol. The van der Waals surface area contributed by atoms with E-state index < -0.39 is 0 Å². The molecule has 1 aromatic rings. The van der Waals surface area contributed by atoms with E-state index >= 15 is 0 Å². The minimum absolute atomic E-state index is 0.552. The monoisotopic (exact) mass is 304 g/mol. The third-order valence-corrected chi connectivity index (χ3v) is 4.49. The average Bonchev–Trinajstić information content (AvgIpc) is 3.25. The molecule has 1 saturated heterocycles. The van der Waals surface area contributed by atoms with Crippen LogP contribution in [-0.2, 0) is 6.42 Å². The Morgan fingerprint density at radius 1 is 1.32 bits per heavy atom. The number of aliphatic imine (C=N–C) groups is 1. The predicted octanol–water partition coefficient (Wildman–Crippen LogP) is 2.00. The maximum absolute atomic E-state index is 5.35. The second-order valence-electron chi connectivity index (χ2n) is 6.28. The van der Waals surface area contributed by atoms with Crippen molar-refractivity contribution in [2.75, 3.05) is 26.2 Å². The van der Waals surface area contributed by atoms with Crippen LogP contribution in [0.1, 0.15) is 38.4 Å². The van der Waals surface area contributed by atoms with Crippen molar-refractivity contribution in [1.82, 2.24) is 15.5 Å². The maximum Gasteiger partial charge on any atom is 0.191 e. The molecule has 22 heavy (non-hydrogen) atoms. The van der Waals surface area contributed by atoms with Gasteiger partial charge >= 0.3 is 0 Å². The maximum atomic E-state index is 5.35. The molecule has 5 nitrogen and oxygen atoms in total. The molecule has 5 heteroatoms. The van der Waals surface area contributed by atoms with Crippen molar-refractivity contribution < 1.29 is 4.42 Å². The summed E-state index contributed by atoms with van der Waals surface area (Å²) in [7, 11) is 0.